The second kappa shape index (κ2) is 10.7. The summed E-state index contributed by atoms with van der Waals surface area (Å²) in [6, 6.07) is 0. The minimum atomic E-state index is -1.87. The Morgan fingerprint density at radius 3 is 2.23 bits per heavy atom. The normalized spacial score (nSPS) is 14.7. The van der Waals surface area contributed by atoms with Crippen LogP contribution in [0.5, 0.6) is 0 Å². The first-order chi connectivity index (χ1) is 11.8. The topological polar surface area (TPSA) is 35.5 Å². The van der Waals surface area contributed by atoms with Gasteiger partial charge in [0.25, 0.3) is 0 Å². The molecule has 5 heteroatoms. The molecular weight excluding hydrogens is 356 g/mol. The number of allylic oxidation sites excluding steroid dienone is 3. The van der Waals surface area contributed by atoms with Crippen molar-refractivity contribution in [1.29, 1.82) is 0 Å². The quantitative estimate of drug-likeness (QED) is 0.189. The Kier molecular flexibility index (Phi) is 10.2. The fraction of sp³-hybridized carbons (Fsp3) is 0.571. The van der Waals surface area contributed by atoms with Crippen molar-refractivity contribution in [2.75, 3.05) is 7.11 Å². The monoisotopic (exact) mass is 392 g/mol. The summed E-state index contributed by atoms with van der Waals surface area (Å²) in [5.74, 6) is 2.82. The molecule has 0 amide bonds. The van der Waals surface area contributed by atoms with E-state index in [1.807, 2.05) is 18.2 Å². The number of methoxy groups -OCH3 is 1. The molecule has 0 aliphatic rings. The van der Waals surface area contributed by atoms with Crippen molar-refractivity contribution in [2.45, 2.75) is 71.1 Å². The summed E-state index contributed by atoms with van der Waals surface area (Å²) in [5, 5.41) is 0.150. The lowest BCUT2D eigenvalue weighted by atomic mass is 10.2. The molecule has 146 valence electrons. The average Bonchev–Trinajstić information content (AvgIpc) is 2.48. The SMILES string of the molecule is COC(=O)/C=C\C=C\C[C@@H](/C=C/C#C[Si](C)(C)C)O[Si](C)(C)C(C)(C)C. The Balaban J connectivity index is 5.13. The van der Waals surface area contributed by atoms with Crippen LogP contribution >= 0.6 is 0 Å². The van der Waals surface area contributed by atoms with Crippen molar-refractivity contribution in [3.63, 3.8) is 0 Å². The summed E-state index contributed by atoms with van der Waals surface area (Å²) in [4.78, 5) is 11.1. The Morgan fingerprint density at radius 1 is 1.12 bits per heavy atom. The number of hydrogen-bond acceptors (Lipinski definition) is 3. The molecule has 0 saturated heterocycles. The second-order valence-corrected chi connectivity index (χ2v) is 18.3. The van der Waals surface area contributed by atoms with Crippen molar-refractivity contribution >= 4 is 22.4 Å². The fourth-order valence-electron chi connectivity index (χ4n) is 1.63. The molecule has 0 aliphatic heterocycles. The van der Waals surface area contributed by atoms with Crippen LogP contribution in [0.3, 0.4) is 0 Å². The van der Waals surface area contributed by atoms with Gasteiger partial charge in [-0.2, -0.15) is 0 Å². The average molecular weight is 393 g/mol. The van der Waals surface area contributed by atoms with Gasteiger partial charge >= 0.3 is 5.97 Å². The zero-order valence-corrected chi connectivity index (χ0v) is 20.0. The van der Waals surface area contributed by atoms with Crippen LogP contribution in [-0.4, -0.2) is 35.6 Å². The zero-order chi connectivity index (χ0) is 20.4. The lowest BCUT2D eigenvalue weighted by molar-refractivity contribution is -0.134. The maximum atomic E-state index is 11.1. The van der Waals surface area contributed by atoms with Crippen LogP contribution in [-0.2, 0) is 14.0 Å². The molecule has 0 bridgehead atoms. The van der Waals surface area contributed by atoms with Crippen molar-refractivity contribution in [1.82, 2.24) is 0 Å². The first-order valence-corrected chi connectivity index (χ1v) is 15.5. The first-order valence-electron chi connectivity index (χ1n) is 9.07. The van der Waals surface area contributed by atoms with Crippen molar-refractivity contribution in [2.24, 2.45) is 0 Å². The Labute approximate surface area is 162 Å². The van der Waals surface area contributed by atoms with Gasteiger partial charge in [-0.1, -0.05) is 64.6 Å². The van der Waals surface area contributed by atoms with Gasteiger partial charge in [-0.3, -0.25) is 0 Å². The standard InChI is InChI=1S/C21H36O3Si2/c1-21(2,3)26(8,9)24-19(16-13-14-18-25(5,6)7)15-11-10-12-17-20(22)23-4/h10-13,16-17,19H,15H2,1-9H3/b11-10+,16-13+,17-12-/t19-/m0/s1. The second-order valence-electron chi connectivity index (χ2n) is 8.84. The van der Waals surface area contributed by atoms with E-state index in [0.29, 0.717) is 0 Å². The van der Waals surface area contributed by atoms with Gasteiger partial charge in [-0.05, 0) is 36.7 Å². The Bertz CT molecular complexity index is 591. The minimum Gasteiger partial charge on any atom is -0.466 e. The summed E-state index contributed by atoms with van der Waals surface area (Å²) in [7, 11) is -1.87. The molecule has 0 aromatic heterocycles. The fourth-order valence-corrected chi connectivity index (χ4v) is 3.43. The van der Waals surface area contributed by atoms with E-state index >= 15 is 0 Å². The highest BCUT2D eigenvalue weighted by molar-refractivity contribution is 6.83. The van der Waals surface area contributed by atoms with E-state index in [1.165, 1.54) is 13.2 Å². The van der Waals surface area contributed by atoms with Crippen LogP contribution in [0.25, 0.3) is 0 Å². The lowest BCUT2D eigenvalue weighted by Crippen LogP contribution is -2.43. The largest absolute Gasteiger partial charge is 0.466 e. The van der Waals surface area contributed by atoms with E-state index in [-0.39, 0.29) is 17.1 Å². The van der Waals surface area contributed by atoms with Crippen molar-refractivity contribution in [3.05, 3.63) is 36.5 Å². The van der Waals surface area contributed by atoms with Gasteiger partial charge in [0.2, 0.25) is 0 Å². The third-order valence-electron chi connectivity index (χ3n) is 4.14. The van der Waals surface area contributed by atoms with E-state index < -0.39 is 16.4 Å². The predicted octanol–water partition coefficient (Wildman–Crippen LogP) is 5.49. The Morgan fingerprint density at radius 2 is 1.73 bits per heavy atom. The smallest absolute Gasteiger partial charge is 0.330 e. The van der Waals surface area contributed by atoms with Gasteiger partial charge in [-0.25, -0.2) is 4.79 Å². The molecule has 0 rings (SSSR count). The van der Waals surface area contributed by atoms with Gasteiger partial charge in [0.1, 0.15) is 8.07 Å². The summed E-state index contributed by atoms with van der Waals surface area (Å²) in [5.41, 5.74) is 3.34. The number of ether oxygens (including phenoxy) is 1. The van der Waals surface area contributed by atoms with Crippen LogP contribution in [0.15, 0.2) is 36.5 Å². The molecule has 1 atom stereocenters. The van der Waals surface area contributed by atoms with E-state index in [4.69, 9.17) is 4.43 Å². The van der Waals surface area contributed by atoms with E-state index in [9.17, 15) is 4.79 Å². The molecule has 0 aliphatic carbocycles. The molecule has 0 aromatic carbocycles. The summed E-state index contributed by atoms with van der Waals surface area (Å²) >= 11 is 0. The third kappa shape index (κ3) is 11.3. The summed E-state index contributed by atoms with van der Waals surface area (Å²) in [6.07, 6.45) is 11.6. The maximum absolute atomic E-state index is 11.1. The Hall–Kier alpha value is -1.36. The van der Waals surface area contributed by atoms with E-state index in [1.54, 1.807) is 6.08 Å². The van der Waals surface area contributed by atoms with Crippen LogP contribution in [0.4, 0.5) is 0 Å². The van der Waals surface area contributed by atoms with Crippen LogP contribution < -0.4 is 0 Å². The van der Waals surface area contributed by atoms with E-state index in [0.717, 1.165) is 6.42 Å². The number of esters is 1. The molecule has 26 heavy (non-hydrogen) atoms. The molecule has 0 N–H and O–H groups in total. The molecule has 0 radical (unpaired) electrons. The van der Waals surface area contributed by atoms with Crippen LogP contribution in [0.2, 0.25) is 37.8 Å². The van der Waals surface area contributed by atoms with Gasteiger partial charge in [0, 0.05) is 6.08 Å². The highest BCUT2D eigenvalue weighted by Crippen LogP contribution is 2.37. The van der Waals surface area contributed by atoms with E-state index in [2.05, 4.69) is 75.8 Å². The van der Waals surface area contributed by atoms with Crippen molar-refractivity contribution < 1.29 is 14.0 Å². The summed E-state index contributed by atoms with van der Waals surface area (Å²) in [6.45, 7) is 17.9. The number of carbonyl (C=O) groups excluding carboxylic acids is 1. The van der Waals surface area contributed by atoms with Gasteiger partial charge < -0.3 is 9.16 Å². The minimum absolute atomic E-state index is 0.0189. The molecular formula is C21H36O3Si2. The molecule has 0 spiro atoms. The van der Waals surface area contributed by atoms with Crippen molar-refractivity contribution in [3.8, 4) is 11.5 Å². The van der Waals surface area contributed by atoms with Crippen LogP contribution in [0, 0.1) is 11.5 Å². The highest BCUT2D eigenvalue weighted by Gasteiger charge is 2.38. The molecule has 0 saturated carbocycles. The predicted molar refractivity (Wildman–Crippen MR) is 117 cm³/mol. The molecule has 0 heterocycles. The van der Waals surface area contributed by atoms with Gasteiger partial charge in [-0.15, -0.1) is 5.54 Å². The van der Waals surface area contributed by atoms with Crippen LogP contribution in [0.1, 0.15) is 27.2 Å². The molecule has 3 nitrogen and oxygen atoms in total. The number of hydrogen-bond donors (Lipinski definition) is 0. The molecule has 0 fully saturated rings. The van der Waals surface area contributed by atoms with Gasteiger partial charge in [0.15, 0.2) is 8.32 Å². The third-order valence-corrected chi connectivity index (χ3v) is 9.54. The molecule has 0 unspecified atom stereocenters. The zero-order valence-electron chi connectivity index (χ0n) is 18.0. The molecule has 0 aromatic rings. The first kappa shape index (κ1) is 24.6. The maximum Gasteiger partial charge on any atom is 0.330 e. The summed E-state index contributed by atoms with van der Waals surface area (Å²) < 4.78 is 11.1. The number of rotatable bonds is 7. The highest BCUT2D eigenvalue weighted by atomic mass is 28.4. The number of carbonyl (C=O) groups is 1. The van der Waals surface area contributed by atoms with Gasteiger partial charge in [0.05, 0.1) is 13.2 Å². The lowest BCUT2D eigenvalue weighted by Gasteiger charge is -2.38.